The van der Waals surface area contributed by atoms with Crippen LogP contribution in [0, 0.1) is 0 Å². The third-order valence-electron chi connectivity index (χ3n) is 4.93. The van der Waals surface area contributed by atoms with Crippen LogP contribution < -0.4 is 10.1 Å². The number of rotatable bonds is 5. The van der Waals surface area contributed by atoms with E-state index >= 15 is 0 Å². The first-order chi connectivity index (χ1) is 14.7. The van der Waals surface area contributed by atoms with Crippen LogP contribution >= 0.6 is 11.3 Å². The number of hydrogen-bond donors (Lipinski definition) is 1. The second-order valence-corrected chi connectivity index (χ2v) is 7.68. The van der Waals surface area contributed by atoms with Crippen LogP contribution in [-0.4, -0.2) is 27.6 Å². The predicted molar refractivity (Wildman–Crippen MR) is 119 cm³/mol. The van der Waals surface area contributed by atoms with E-state index in [0.717, 1.165) is 33.3 Å². The van der Waals surface area contributed by atoms with E-state index in [2.05, 4.69) is 15.4 Å². The number of nitrogens with zero attached hydrogens (tertiary/aromatic N) is 3. The van der Waals surface area contributed by atoms with Crippen LogP contribution in [-0.2, 0) is 11.2 Å². The van der Waals surface area contributed by atoms with Crippen LogP contribution in [0.25, 0.3) is 27.0 Å². The predicted octanol–water partition coefficient (Wildman–Crippen LogP) is 4.80. The monoisotopic (exact) mass is 414 g/mol. The molecule has 7 heteroatoms. The van der Waals surface area contributed by atoms with E-state index in [1.54, 1.807) is 11.6 Å². The molecule has 0 aliphatic rings. The number of nitrogens with one attached hydrogen (secondary N) is 1. The highest BCUT2D eigenvalue weighted by Gasteiger charge is 2.14. The van der Waals surface area contributed by atoms with E-state index < -0.39 is 0 Å². The molecule has 1 N–H and O–H groups in total. The SMILES string of the molecule is COc1cccc(-c2csc3nc(NC(=O)Cc4cccc5ccccc45)nn23)c1. The number of anilines is 1. The van der Waals surface area contributed by atoms with Crippen molar-refractivity contribution in [1.82, 2.24) is 14.6 Å². The van der Waals surface area contributed by atoms with Crippen LogP contribution in [0.5, 0.6) is 5.75 Å². The summed E-state index contributed by atoms with van der Waals surface area (Å²) in [6.45, 7) is 0. The van der Waals surface area contributed by atoms with E-state index in [-0.39, 0.29) is 12.3 Å². The normalized spacial score (nSPS) is 11.1. The number of amides is 1. The van der Waals surface area contributed by atoms with Gasteiger partial charge >= 0.3 is 0 Å². The van der Waals surface area contributed by atoms with Crippen LogP contribution in [0.2, 0.25) is 0 Å². The summed E-state index contributed by atoms with van der Waals surface area (Å²) in [4.78, 5) is 17.8. The van der Waals surface area contributed by atoms with Gasteiger partial charge in [-0.3, -0.25) is 10.1 Å². The molecular formula is C23H18N4O2S. The molecule has 1 amide bonds. The van der Waals surface area contributed by atoms with Crippen molar-refractivity contribution in [3.8, 4) is 17.0 Å². The second kappa shape index (κ2) is 7.61. The highest BCUT2D eigenvalue weighted by Crippen LogP contribution is 2.28. The zero-order chi connectivity index (χ0) is 20.5. The maximum atomic E-state index is 12.6. The lowest BCUT2D eigenvalue weighted by molar-refractivity contribution is -0.115. The van der Waals surface area contributed by atoms with Crippen LogP contribution in [0.4, 0.5) is 5.95 Å². The lowest BCUT2D eigenvalue weighted by Crippen LogP contribution is -2.15. The molecule has 148 valence electrons. The Hall–Kier alpha value is -3.71. The number of methoxy groups -OCH3 is 1. The second-order valence-electron chi connectivity index (χ2n) is 6.85. The first-order valence-electron chi connectivity index (χ1n) is 9.46. The van der Waals surface area contributed by atoms with Gasteiger partial charge in [0.1, 0.15) is 5.75 Å². The fraction of sp³-hybridized carbons (Fsp3) is 0.0870. The van der Waals surface area contributed by atoms with Gasteiger partial charge in [-0.05, 0) is 28.5 Å². The fourth-order valence-electron chi connectivity index (χ4n) is 3.50. The van der Waals surface area contributed by atoms with E-state index in [4.69, 9.17) is 4.74 Å². The molecule has 5 rings (SSSR count). The summed E-state index contributed by atoms with van der Waals surface area (Å²) < 4.78 is 7.05. The maximum Gasteiger partial charge on any atom is 0.250 e. The first-order valence-corrected chi connectivity index (χ1v) is 10.3. The number of fused-ring (bicyclic) bond motifs is 2. The average molecular weight is 414 g/mol. The molecule has 0 aliphatic heterocycles. The number of carbonyl (C=O) groups excluding carboxylic acids is 1. The summed E-state index contributed by atoms with van der Waals surface area (Å²) in [5.74, 6) is 0.930. The van der Waals surface area contributed by atoms with Crippen molar-refractivity contribution in [1.29, 1.82) is 0 Å². The Morgan fingerprint density at radius 3 is 2.83 bits per heavy atom. The molecule has 2 heterocycles. The van der Waals surface area contributed by atoms with Crippen molar-refractivity contribution in [2.24, 2.45) is 0 Å². The molecule has 0 atom stereocenters. The summed E-state index contributed by atoms with van der Waals surface area (Å²) in [5.41, 5.74) is 2.85. The van der Waals surface area contributed by atoms with Gasteiger partial charge < -0.3 is 4.74 Å². The number of thiazole rings is 1. The Bertz CT molecular complexity index is 1370. The molecule has 0 spiro atoms. The minimum absolute atomic E-state index is 0.146. The van der Waals surface area contributed by atoms with Gasteiger partial charge in [-0.1, -0.05) is 54.6 Å². The summed E-state index contributed by atoms with van der Waals surface area (Å²) in [5, 5.41) is 11.5. The molecule has 2 aromatic heterocycles. The maximum absolute atomic E-state index is 12.6. The third kappa shape index (κ3) is 3.40. The topological polar surface area (TPSA) is 68.5 Å². The summed E-state index contributed by atoms with van der Waals surface area (Å²) in [6.07, 6.45) is 0.261. The lowest BCUT2D eigenvalue weighted by atomic mass is 10.0. The molecule has 0 saturated carbocycles. The Balaban J connectivity index is 1.39. The molecule has 5 aromatic rings. The quantitative estimate of drug-likeness (QED) is 0.449. The number of carbonyl (C=O) groups is 1. The minimum Gasteiger partial charge on any atom is -0.497 e. The van der Waals surface area contributed by atoms with Crippen molar-refractivity contribution in [2.45, 2.75) is 6.42 Å². The largest absolute Gasteiger partial charge is 0.497 e. The molecule has 0 bridgehead atoms. The van der Waals surface area contributed by atoms with Crippen LogP contribution in [0.1, 0.15) is 5.56 Å². The van der Waals surface area contributed by atoms with E-state index in [9.17, 15) is 4.79 Å². The highest BCUT2D eigenvalue weighted by atomic mass is 32.1. The summed E-state index contributed by atoms with van der Waals surface area (Å²) >= 11 is 1.47. The van der Waals surface area contributed by atoms with Gasteiger partial charge in [0.15, 0.2) is 0 Å². The van der Waals surface area contributed by atoms with Crippen molar-refractivity contribution in [3.05, 3.63) is 77.7 Å². The van der Waals surface area contributed by atoms with Crippen molar-refractivity contribution < 1.29 is 9.53 Å². The molecule has 30 heavy (non-hydrogen) atoms. The molecule has 0 aliphatic carbocycles. The molecule has 3 aromatic carbocycles. The molecule has 0 radical (unpaired) electrons. The average Bonchev–Trinajstić information content (AvgIpc) is 3.34. The van der Waals surface area contributed by atoms with Gasteiger partial charge in [0, 0.05) is 10.9 Å². The van der Waals surface area contributed by atoms with Crippen molar-refractivity contribution in [2.75, 3.05) is 12.4 Å². The third-order valence-corrected chi connectivity index (χ3v) is 5.75. The molecular weight excluding hydrogens is 396 g/mol. The van der Waals surface area contributed by atoms with Crippen LogP contribution in [0.15, 0.2) is 72.1 Å². The standard InChI is InChI=1S/C23H18N4O2S/c1-29-18-10-5-9-17(12-18)20-14-30-23-25-22(26-27(20)23)24-21(28)13-16-8-4-7-15-6-2-3-11-19(15)16/h2-12,14H,13H2,1H3,(H,24,26,28). The minimum atomic E-state index is -0.146. The van der Waals surface area contributed by atoms with Gasteiger partial charge in [0.05, 0.1) is 19.2 Å². The zero-order valence-corrected chi connectivity index (χ0v) is 17.0. The van der Waals surface area contributed by atoms with E-state index in [1.165, 1.54) is 11.3 Å². The van der Waals surface area contributed by atoms with Gasteiger partial charge in [-0.15, -0.1) is 16.4 Å². The zero-order valence-electron chi connectivity index (χ0n) is 16.2. The summed E-state index contributed by atoms with van der Waals surface area (Å²) in [6, 6.07) is 21.8. The Morgan fingerprint density at radius 1 is 1.10 bits per heavy atom. The van der Waals surface area contributed by atoms with Gasteiger partial charge in [0.25, 0.3) is 0 Å². The molecule has 6 nitrogen and oxygen atoms in total. The van der Waals surface area contributed by atoms with Gasteiger partial charge in [-0.2, -0.15) is 4.98 Å². The Labute approximate surface area is 176 Å². The number of benzene rings is 3. The summed E-state index contributed by atoms with van der Waals surface area (Å²) in [7, 11) is 1.64. The number of aromatic nitrogens is 3. The van der Waals surface area contributed by atoms with Gasteiger partial charge in [0.2, 0.25) is 16.8 Å². The molecule has 0 fully saturated rings. The van der Waals surface area contributed by atoms with Gasteiger partial charge in [-0.25, -0.2) is 4.52 Å². The smallest absolute Gasteiger partial charge is 0.250 e. The lowest BCUT2D eigenvalue weighted by Gasteiger charge is -2.06. The van der Waals surface area contributed by atoms with Crippen molar-refractivity contribution in [3.63, 3.8) is 0 Å². The number of ether oxygens (including phenoxy) is 1. The Kier molecular flexibility index (Phi) is 4.65. The van der Waals surface area contributed by atoms with Crippen molar-refractivity contribution >= 4 is 38.9 Å². The van der Waals surface area contributed by atoms with E-state index in [1.807, 2.05) is 72.1 Å². The number of hydrogen-bond acceptors (Lipinski definition) is 5. The molecule has 0 unspecified atom stereocenters. The fourth-order valence-corrected chi connectivity index (χ4v) is 4.33. The van der Waals surface area contributed by atoms with E-state index in [0.29, 0.717) is 10.9 Å². The highest BCUT2D eigenvalue weighted by molar-refractivity contribution is 7.15. The first kappa shape index (κ1) is 18.3. The Morgan fingerprint density at radius 2 is 1.93 bits per heavy atom. The molecule has 0 saturated heterocycles. The van der Waals surface area contributed by atoms with Crippen LogP contribution in [0.3, 0.4) is 0 Å².